The summed E-state index contributed by atoms with van der Waals surface area (Å²) >= 11 is 1.46. The summed E-state index contributed by atoms with van der Waals surface area (Å²) in [5.74, 6) is -0.257. The number of aryl methyl sites for hydroxylation is 1. The van der Waals surface area contributed by atoms with Crippen LogP contribution in [0.1, 0.15) is 45.3 Å². The van der Waals surface area contributed by atoms with Gasteiger partial charge < -0.3 is 10.0 Å². The predicted octanol–water partition coefficient (Wildman–Crippen LogP) is 4.52. The summed E-state index contributed by atoms with van der Waals surface area (Å²) in [6, 6.07) is 6.08. The molecule has 1 fully saturated rings. The zero-order valence-electron chi connectivity index (χ0n) is 16.3. The van der Waals surface area contributed by atoms with Gasteiger partial charge in [0.15, 0.2) is 5.13 Å². The van der Waals surface area contributed by atoms with Crippen molar-refractivity contribution in [3.63, 3.8) is 0 Å². The summed E-state index contributed by atoms with van der Waals surface area (Å²) in [6.45, 7) is 3.85. The lowest BCUT2D eigenvalue weighted by Crippen LogP contribution is -2.32. The first-order chi connectivity index (χ1) is 14.2. The molecule has 158 valence electrons. The molecule has 9 heteroatoms. The Labute approximate surface area is 175 Å². The number of aliphatic hydroxyl groups excluding tert-OH is 1. The number of benzene rings is 1. The molecule has 0 radical (unpaired) electrons. The van der Waals surface area contributed by atoms with Crippen molar-refractivity contribution in [1.29, 1.82) is 0 Å². The Balaban J connectivity index is 1.66. The van der Waals surface area contributed by atoms with Crippen LogP contribution in [-0.2, 0) is 6.18 Å². The molecule has 1 aliphatic rings. The average molecular weight is 435 g/mol. The first-order valence-corrected chi connectivity index (χ1v) is 10.3. The Morgan fingerprint density at radius 3 is 2.53 bits per heavy atom. The van der Waals surface area contributed by atoms with E-state index in [0.29, 0.717) is 11.1 Å². The van der Waals surface area contributed by atoms with E-state index in [4.69, 9.17) is 0 Å². The Morgan fingerprint density at radius 1 is 1.23 bits per heavy atom. The maximum atomic E-state index is 13.4. The molecule has 5 nitrogen and oxygen atoms in total. The lowest BCUT2D eigenvalue weighted by atomic mass is 10.0. The van der Waals surface area contributed by atoms with Crippen molar-refractivity contribution in [2.24, 2.45) is 0 Å². The van der Waals surface area contributed by atoms with E-state index in [0.717, 1.165) is 28.7 Å². The predicted molar refractivity (Wildman–Crippen MR) is 107 cm³/mol. The third-order valence-electron chi connectivity index (χ3n) is 5.43. The van der Waals surface area contributed by atoms with Gasteiger partial charge in [-0.15, -0.1) is 11.3 Å². The number of nitrogens with zero attached hydrogens (tertiary/aromatic N) is 3. The molecule has 1 saturated heterocycles. The van der Waals surface area contributed by atoms with Crippen molar-refractivity contribution in [2.75, 3.05) is 6.54 Å². The fourth-order valence-electron chi connectivity index (χ4n) is 4.00. The van der Waals surface area contributed by atoms with Gasteiger partial charge in [0.1, 0.15) is 0 Å². The number of hydrogen-bond acceptors (Lipinski definition) is 4. The number of carbonyl (C=O) groups is 1. The highest BCUT2D eigenvalue weighted by molar-refractivity contribution is 7.12. The number of thiazole rings is 1. The second kappa shape index (κ2) is 7.55. The zero-order chi connectivity index (χ0) is 21.6. The first kappa shape index (κ1) is 20.6. The third kappa shape index (κ3) is 3.63. The molecule has 30 heavy (non-hydrogen) atoms. The van der Waals surface area contributed by atoms with Crippen molar-refractivity contribution < 1.29 is 23.1 Å². The monoisotopic (exact) mass is 435 g/mol. The lowest BCUT2D eigenvalue weighted by molar-refractivity contribution is -0.137. The van der Waals surface area contributed by atoms with Gasteiger partial charge in [-0.2, -0.15) is 13.2 Å². The number of likely N-dealkylation sites (tertiary alicyclic amines) is 1. The van der Waals surface area contributed by atoms with Crippen LogP contribution in [0.4, 0.5) is 13.2 Å². The molecule has 1 aliphatic heterocycles. The van der Waals surface area contributed by atoms with Crippen molar-refractivity contribution in [3.8, 4) is 5.13 Å². The summed E-state index contributed by atoms with van der Waals surface area (Å²) in [4.78, 5) is 19.2. The standard InChI is InChI=1S/C21H20F3N3O2S/c1-12-9-17(13(2)27(12)20-25-7-8-30-20)19(29)26-11-16(28)10-18(26)14-3-5-15(6-4-14)21(22,23)24/h3-9,16,18,28H,10-11H2,1-2H3/t16-,18-/m1/s1. The molecular weight excluding hydrogens is 415 g/mol. The van der Waals surface area contributed by atoms with Crippen molar-refractivity contribution >= 4 is 17.2 Å². The second-order valence-electron chi connectivity index (χ2n) is 7.42. The van der Waals surface area contributed by atoms with Gasteiger partial charge in [0, 0.05) is 29.5 Å². The molecule has 0 unspecified atom stereocenters. The topological polar surface area (TPSA) is 58.4 Å². The van der Waals surface area contributed by atoms with Gasteiger partial charge in [-0.3, -0.25) is 9.36 Å². The maximum Gasteiger partial charge on any atom is 0.416 e. The zero-order valence-corrected chi connectivity index (χ0v) is 17.2. The fourth-order valence-corrected chi connectivity index (χ4v) is 4.75. The van der Waals surface area contributed by atoms with Crippen LogP contribution < -0.4 is 0 Å². The van der Waals surface area contributed by atoms with Crippen molar-refractivity contribution in [3.05, 3.63) is 70.0 Å². The van der Waals surface area contributed by atoms with Crippen LogP contribution in [0, 0.1) is 13.8 Å². The van der Waals surface area contributed by atoms with E-state index in [1.54, 1.807) is 17.2 Å². The highest BCUT2D eigenvalue weighted by Crippen LogP contribution is 2.36. The smallest absolute Gasteiger partial charge is 0.391 e. The molecule has 0 bridgehead atoms. The van der Waals surface area contributed by atoms with Crippen molar-refractivity contribution in [2.45, 2.75) is 38.6 Å². The molecule has 2 aromatic heterocycles. The average Bonchev–Trinajstić information content (AvgIpc) is 3.40. The normalized spacial score (nSPS) is 19.5. The van der Waals surface area contributed by atoms with E-state index >= 15 is 0 Å². The van der Waals surface area contributed by atoms with Gasteiger partial charge in [-0.05, 0) is 44.0 Å². The minimum atomic E-state index is -4.42. The van der Waals surface area contributed by atoms with E-state index in [1.807, 2.05) is 23.8 Å². The Morgan fingerprint density at radius 2 is 1.93 bits per heavy atom. The number of rotatable bonds is 3. The number of carbonyl (C=O) groups excluding carboxylic acids is 1. The van der Waals surface area contributed by atoms with Gasteiger partial charge in [-0.1, -0.05) is 12.1 Å². The van der Waals surface area contributed by atoms with Crippen LogP contribution in [0.2, 0.25) is 0 Å². The maximum absolute atomic E-state index is 13.4. The van der Waals surface area contributed by atoms with E-state index in [-0.39, 0.29) is 18.9 Å². The summed E-state index contributed by atoms with van der Waals surface area (Å²) in [5, 5.41) is 12.8. The summed E-state index contributed by atoms with van der Waals surface area (Å²) in [5.41, 5.74) is 1.92. The molecule has 1 aromatic carbocycles. The molecule has 0 aliphatic carbocycles. The van der Waals surface area contributed by atoms with Crippen LogP contribution in [0.25, 0.3) is 5.13 Å². The molecule has 2 atom stereocenters. The van der Waals surface area contributed by atoms with Gasteiger partial charge >= 0.3 is 6.18 Å². The SMILES string of the molecule is Cc1cc(C(=O)N2C[C@H](O)C[C@@H]2c2ccc(C(F)(F)F)cc2)c(C)n1-c1nccs1. The highest BCUT2D eigenvalue weighted by Gasteiger charge is 2.37. The van der Waals surface area contributed by atoms with Crippen LogP contribution >= 0.6 is 11.3 Å². The van der Waals surface area contributed by atoms with E-state index in [9.17, 15) is 23.1 Å². The Bertz CT molecular complexity index is 1060. The van der Waals surface area contributed by atoms with Crippen LogP contribution in [0.15, 0.2) is 41.9 Å². The van der Waals surface area contributed by atoms with Crippen molar-refractivity contribution in [1.82, 2.24) is 14.5 Å². The molecule has 0 saturated carbocycles. The number of alkyl halides is 3. The van der Waals surface area contributed by atoms with Gasteiger partial charge in [0.25, 0.3) is 5.91 Å². The largest absolute Gasteiger partial charge is 0.416 e. The van der Waals surface area contributed by atoms with Crippen LogP contribution in [0.3, 0.4) is 0 Å². The van der Waals surface area contributed by atoms with Crippen LogP contribution in [0.5, 0.6) is 0 Å². The summed E-state index contributed by atoms with van der Waals surface area (Å²) in [6.07, 6.45) is -3.18. The minimum absolute atomic E-state index is 0.130. The molecule has 3 heterocycles. The van der Waals surface area contributed by atoms with Gasteiger partial charge in [0.2, 0.25) is 0 Å². The third-order valence-corrected chi connectivity index (χ3v) is 6.19. The second-order valence-corrected chi connectivity index (χ2v) is 8.29. The molecular formula is C21H20F3N3O2S. The fraction of sp³-hybridized carbons (Fsp3) is 0.333. The summed E-state index contributed by atoms with van der Waals surface area (Å²) < 4.78 is 40.5. The van der Waals surface area contributed by atoms with Gasteiger partial charge in [0.05, 0.1) is 23.3 Å². The molecule has 3 aromatic rings. The Hall–Kier alpha value is -2.65. The number of aromatic nitrogens is 2. The summed E-state index contributed by atoms with van der Waals surface area (Å²) in [7, 11) is 0. The van der Waals surface area contributed by atoms with E-state index in [1.165, 1.54) is 23.5 Å². The molecule has 4 rings (SSSR count). The number of amides is 1. The number of halogens is 3. The minimum Gasteiger partial charge on any atom is -0.391 e. The van der Waals surface area contributed by atoms with Gasteiger partial charge in [-0.25, -0.2) is 4.98 Å². The molecule has 0 spiro atoms. The number of aliphatic hydroxyl groups is 1. The van der Waals surface area contributed by atoms with Crippen LogP contribution in [-0.4, -0.2) is 38.1 Å². The van der Waals surface area contributed by atoms with E-state index < -0.39 is 23.9 Å². The number of β-amino-alcohol motifs (C(OH)–C–C–N with tert-alkyl or cyclic N) is 1. The Kier molecular flexibility index (Phi) is 5.19. The lowest BCUT2D eigenvalue weighted by Gasteiger charge is -2.25. The van der Waals surface area contributed by atoms with E-state index in [2.05, 4.69) is 4.98 Å². The first-order valence-electron chi connectivity index (χ1n) is 9.42. The number of hydrogen-bond donors (Lipinski definition) is 1. The molecule has 1 N–H and O–H groups in total. The molecule has 1 amide bonds. The highest BCUT2D eigenvalue weighted by atomic mass is 32.1. The quantitative estimate of drug-likeness (QED) is 0.658.